The normalized spacial score (nSPS) is 27.2. The van der Waals surface area contributed by atoms with Crippen LogP contribution < -0.4 is 5.32 Å². The summed E-state index contributed by atoms with van der Waals surface area (Å²) in [6.45, 7) is 4.78. The summed E-state index contributed by atoms with van der Waals surface area (Å²) in [7, 11) is 1.90. The van der Waals surface area contributed by atoms with Crippen LogP contribution in [-0.4, -0.2) is 43.9 Å². The van der Waals surface area contributed by atoms with E-state index >= 15 is 0 Å². The summed E-state index contributed by atoms with van der Waals surface area (Å²) in [6.07, 6.45) is 4.46. The van der Waals surface area contributed by atoms with E-state index in [9.17, 15) is 9.90 Å². The van der Waals surface area contributed by atoms with Crippen molar-refractivity contribution in [2.45, 2.75) is 44.5 Å². The number of piperidine rings is 1. The van der Waals surface area contributed by atoms with Gasteiger partial charge in [0.1, 0.15) is 0 Å². The fourth-order valence-corrected chi connectivity index (χ4v) is 3.69. The third-order valence-corrected chi connectivity index (χ3v) is 4.93. The number of carbonyl (C=O) groups excluding carboxylic acids is 1. The predicted octanol–water partition coefficient (Wildman–Crippen LogP) is 1.62. The summed E-state index contributed by atoms with van der Waals surface area (Å²) in [6, 6.07) is 9.58. The Morgan fingerprint density at radius 3 is 2.72 bits per heavy atom. The van der Waals surface area contributed by atoms with E-state index < -0.39 is 5.60 Å². The van der Waals surface area contributed by atoms with Crippen LogP contribution in [0.4, 0.5) is 0 Å². The van der Waals surface area contributed by atoms with Crippen LogP contribution >= 0.6 is 0 Å². The molecule has 6 nitrogen and oxygen atoms in total. The van der Waals surface area contributed by atoms with Crippen molar-refractivity contribution in [3.05, 3.63) is 53.9 Å². The molecule has 0 unspecified atom stereocenters. The lowest BCUT2D eigenvalue weighted by atomic mass is 9.79. The number of amides is 1. The number of hydrogen-bond acceptors (Lipinski definition) is 4. The molecule has 1 fully saturated rings. The van der Waals surface area contributed by atoms with Gasteiger partial charge in [-0.2, -0.15) is 5.10 Å². The van der Waals surface area contributed by atoms with Crippen molar-refractivity contribution in [1.29, 1.82) is 0 Å². The number of aliphatic hydroxyl groups is 1. The van der Waals surface area contributed by atoms with Gasteiger partial charge in [0.2, 0.25) is 5.91 Å². The first-order chi connectivity index (χ1) is 11.9. The molecule has 0 spiro atoms. The number of nitrogens with zero attached hydrogens (tertiary/aromatic N) is 3. The van der Waals surface area contributed by atoms with Crippen LogP contribution in [-0.2, 0) is 18.4 Å². The lowest BCUT2D eigenvalue weighted by Crippen LogP contribution is -2.62. The Balaban J connectivity index is 1.96. The summed E-state index contributed by atoms with van der Waals surface area (Å²) in [4.78, 5) is 14.1. The van der Waals surface area contributed by atoms with Crippen LogP contribution in [0.2, 0.25) is 0 Å². The predicted molar refractivity (Wildman–Crippen MR) is 95.6 cm³/mol. The van der Waals surface area contributed by atoms with Crippen LogP contribution in [0.5, 0.6) is 0 Å². The Labute approximate surface area is 148 Å². The van der Waals surface area contributed by atoms with Crippen LogP contribution in [0, 0.1) is 0 Å². The van der Waals surface area contributed by atoms with E-state index in [2.05, 4.69) is 27.4 Å². The summed E-state index contributed by atoms with van der Waals surface area (Å²) >= 11 is 0. The van der Waals surface area contributed by atoms with Crippen LogP contribution in [0.15, 0.2) is 42.7 Å². The molecule has 3 rings (SSSR count). The zero-order valence-corrected chi connectivity index (χ0v) is 15.0. The molecule has 0 aliphatic carbocycles. The summed E-state index contributed by atoms with van der Waals surface area (Å²) in [5, 5.41) is 18.2. The van der Waals surface area contributed by atoms with Crippen molar-refractivity contribution in [3.63, 3.8) is 0 Å². The van der Waals surface area contributed by atoms with Gasteiger partial charge in [-0.15, -0.1) is 0 Å². The molecule has 0 radical (unpaired) electrons. The number of nitrogens with one attached hydrogen (secondary N) is 1. The molecule has 1 aromatic heterocycles. The second-order valence-corrected chi connectivity index (χ2v) is 7.13. The summed E-state index contributed by atoms with van der Waals surface area (Å²) < 4.78 is 1.79. The van der Waals surface area contributed by atoms with Gasteiger partial charge in [-0.05, 0) is 18.9 Å². The van der Waals surface area contributed by atoms with Gasteiger partial charge < -0.3 is 10.4 Å². The molecule has 1 aliphatic rings. The van der Waals surface area contributed by atoms with E-state index in [0.29, 0.717) is 6.42 Å². The van der Waals surface area contributed by atoms with E-state index in [0.717, 1.165) is 24.2 Å². The van der Waals surface area contributed by atoms with Crippen LogP contribution in [0.1, 0.15) is 37.4 Å². The topological polar surface area (TPSA) is 70.4 Å². The van der Waals surface area contributed by atoms with Crippen molar-refractivity contribution in [2.75, 3.05) is 6.54 Å². The third-order valence-electron chi connectivity index (χ3n) is 4.93. The molecule has 6 heteroatoms. The minimum atomic E-state index is -0.961. The molecule has 25 heavy (non-hydrogen) atoms. The second kappa shape index (κ2) is 6.98. The zero-order valence-electron chi connectivity index (χ0n) is 15.0. The molecular weight excluding hydrogens is 316 g/mol. The Bertz CT molecular complexity index is 726. The van der Waals surface area contributed by atoms with Gasteiger partial charge in [-0.3, -0.25) is 14.4 Å². The van der Waals surface area contributed by atoms with Gasteiger partial charge in [-0.25, -0.2) is 0 Å². The highest BCUT2D eigenvalue weighted by Crippen LogP contribution is 2.37. The highest BCUT2D eigenvalue weighted by atomic mass is 16.3. The molecule has 3 atom stereocenters. The molecule has 0 saturated carbocycles. The molecule has 1 saturated heterocycles. The Morgan fingerprint density at radius 1 is 1.40 bits per heavy atom. The molecule has 1 amide bonds. The fourth-order valence-electron chi connectivity index (χ4n) is 3.69. The largest absolute Gasteiger partial charge is 0.388 e. The van der Waals surface area contributed by atoms with Crippen LogP contribution in [0.25, 0.3) is 0 Å². The van der Waals surface area contributed by atoms with Crippen molar-refractivity contribution in [3.8, 4) is 0 Å². The maximum atomic E-state index is 11.8. The standard InChI is InChI=1S/C19H26N4O2/c1-14(24)21-18-17(16-7-5-4-6-8-16)23(10-9-19(18,2)25)13-15-11-20-22(3)12-15/h4-8,11-12,17-18,25H,9-10,13H2,1-3H3,(H,21,24)/t17-,18-,19+/m0/s1. The summed E-state index contributed by atoms with van der Waals surface area (Å²) in [5.74, 6) is -0.130. The average Bonchev–Trinajstić information content (AvgIpc) is 2.96. The average molecular weight is 342 g/mol. The molecule has 1 aromatic carbocycles. The minimum absolute atomic E-state index is 0.103. The molecular formula is C19H26N4O2. The zero-order chi connectivity index (χ0) is 18.0. The first kappa shape index (κ1) is 17.6. The van der Waals surface area contributed by atoms with E-state index in [1.165, 1.54) is 6.92 Å². The van der Waals surface area contributed by atoms with Gasteiger partial charge >= 0.3 is 0 Å². The lowest BCUT2D eigenvalue weighted by Gasteiger charge is -2.49. The number of likely N-dealkylation sites (tertiary alicyclic amines) is 1. The van der Waals surface area contributed by atoms with Gasteiger partial charge in [0.05, 0.1) is 23.9 Å². The third kappa shape index (κ3) is 3.91. The molecule has 1 aliphatic heterocycles. The Kier molecular flexibility index (Phi) is 4.92. The number of benzene rings is 1. The highest BCUT2D eigenvalue weighted by molar-refractivity contribution is 5.73. The number of rotatable bonds is 4. The van der Waals surface area contributed by atoms with E-state index in [1.807, 2.05) is 44.6 Å². The van der Waals surface area contributed by atoms with Gasteiger partial charge in [0.25, 0.3) is 0 Å². The quantitative estimate of drug-likeness (QED) is 0.886. The van der Waals surface area contributed by atoms with Gasteiger partial charge in [0, 0.05) is 38.8 Å². The van der Waals surface area contributed by atoms with Crippen molar-refractivity contribution >= 4 is 5.91 Å². The number of carbonyl (C=O) groups is 1. The maximum Gasteiger partial charge on any atom is 0.217 e. The van der Waals surface area contributed by atoms with Crippen molar-refractivity contribution < 1.29 is 9.90 Å². The summed E-state index contributed by atoms with van der Waals surface area (Å²) in [5.41, 5.74) is 1.24. The Hall–Kier alpha value is -2.18. The Morgan fingerprint density at radius 2 is 2.12 bits per heavy atom. The fraction of sp³-hybridized carbons (Fsp3) is 0.474. The molecule has 0 bridgehead atoms. The first-order valence-corrected chi connectivity index (χ1v) is 8.63. The molecule has 2 aromatic rings. The minimum Gasteiger partial charge on any atom is -0.388 e. The second-order valence-electron chi connectivity index (χ2n) is 7.13. The maximum absolute atomic E-state index is 11.8. The van der Waals surface area contributed by atoms with Gasteiger partial charge in [-0.1, -0.05) is 30.3 Å². The lowest BCUT2D eigenvalue weighted by molar-refractivity contribution is -0.126. The molecule has 2 heterocycles. The molecule has 2 N–H and O–H groups in total. The smallest absolute Gasteiger partial charge is 0.217 e. The number of aromatic nitrogens is 2. The number of hydrogen-bond donors (Lipinski definition) is 2. The van der Waals surface area contributed by atoms with E-state index in [4.69, 9.17) is 0 Å². The number of aryl methyl sites for hydroxylation is 1. The van der Waals surface area contributed by atoms with Crippen LogP contribution in [0.3, 0.4) is 0 Å². The van der Waals surface area contributed by atoms with Crippen molar-refractivity contribution in [1.82, 2.24) is 20.0 Å². The molecule has 134 valence electrons. The van der Waals surface area contributed by atoms with Gasteiger partial charge in [0.15, 0.2) is 0 Å². The van der Waals surface area contributed by atoms with E-state index in [1.54, 1.807) is 4.68 Å². The van der Waals surface area contributed by atoms with E-state index in [-0.39, 0.29) is 18.0 Å². The highest BCUT2D eigenvalue weighted by Gasteiger charge is 2.45. The monoisotopic (exact) mass is 342 g/mol. The first-order valence-electron chi connectivity index (χ1n) is 8.63. The van der Waals surface area contributed by atoms with Crippen molar-refractivity contribution in [2.24, 2.45) is 7.05 Å². The SMILES string of the molecule is CC(=O)N[C@H]1[C@H](c2ccccc2)N(Cc2cnn(C)c2)CC[C@@]1(C)O.